The number of ketones is 1. The molecule has 1 aromatic heterocycles. The largest absolute Gasteiger partial charge is 0.472 e. The normalized spacial score (nSPS) is 29.4. The Labute approximate surface area is 326 Å². The molecule has 12 nitrogen and oxygen atoms in total. The fraction of sp³-hybridized carbons (Fsp3) is 0.523. The number of cyclic esters (lactones) is 1. The Kier molecular flexibility index (Phi) is 10.4. The molecular formula is C44H51NO11. The molecule has 0 spiro atoms. The highest BCUT2D eigenvalue weighted by atomic mass is 16.6. The van der Waals surface area contributed by atoms with Crippen LogP contribution in [0.2, 0.25) is 0 Å². The lowest BCUT2D eigenvalue weighted by atomic mass is 9.43. The Hall–Kier alpha value is -4.97. The van der Waals surface area contributed by atoms with Crippen molar-refractivity contribution >= 4 is 29.8 Å². The number of fused-ring (bicyclic) bond motifs is 6. The van der Waals surface area contributed by atoms with Crippen molar-refractivity contribution in [2.24, 2.45) is 28.6 Å². The van der Waals surface area contributed by atoms with Crippen molar-refractivity contribution in [3.05, 3.63) is 83.8 Å². The van der Waals surface area contributed by atoms with E-state index in [0.717, 1.165) is 22.3 Å². The summed E-state index contributed by atoms with van der Waals surface area (Å²) < 4.78 is 34.4. The smallest absolute Gasteiger partial charge is 0.407 e. The minimum Gasteiger partial charge on any atom is -0.472 e. The zero-order valence-electron chi connectivity index (χ0n) is 33.0. The van der Waals surface area contributed by atoms with Gasteiger partial charge in [0.05, 0.1) is 43.2 Å². The van der Waals surface area contributed by atoms with Gasteiger partial charge in [0, 0.05) is 23.8 Å². The number of furan rings is 1. The summed E-state index contributed by atoms with van der Waals surface area (Å²) in [5.41, 5.74) is 2.30. The number of alkyl carbamates (subject to hydrolysis) is 1. The molecule has 2 heterocycles. The molecule has 3 aliphatic carbocycles. The molecular weight excluding hydrogens is 718 g/mol. The molecule has 2 aromatic carbocycles. The van der Waals surface area contributed by atoms with Crippen LogP contribution in [0, 0.1) is 28.6 Å². The standard InChI is InChI=1S/C44H51NO11/c1-24(56-42(2,3)4)35(45-41(50)53-23-30-28-14-10-8-12-26(28)27-13-9-11-15-29(27)30)40(49)54-33-20-32(38(47)51-7)43(5)18-16-31-39(48)55-34(25-17-19-52-22-25)21-44(31,6)37(43)36(33)46/h8-15,17,19,22,24,30-35,37H,16,18,20-21,23H2,1-7H3,(H,45,50)/t24-,31-,32-,33-,34-,35-,37-,43-,44-/m0/s1. The predicted molar refractivity (Wildman–Crippen MR) is 202 cm³/mol. The molecule has 1 amide bonds. The predicted octanol–water partition coefficient (Wildman–Crippen LogP) is 7.09. The Morgan fingerprint density at radius 3 is 2.23 bits per heavy atom. The lowest BCUT2D eigenvalue weighted by Crippen LogP contribution is -2.65. The maximum absolute atomic E-state index is 14.9. The third-order valence-corrected chi connectivity index (χ3v) is 12.6. The van der Waals surface area contributed by atoms with E-state index in [9.17, 15) is 24.0 Å². The maximum Gasteiger partial charge on any atom is 0.407 e. The molecule has 0 radical (unpaired) electrons. The molecule has 3 aromatic rings. The van der Waals surface area contributed by atoms with Crippen molar-refractivity contribution in [1.29, 1.82) is 0 Å². The van der Waals surface area contributed by atoms with Crippen molar-refractivity contribution in [1.82, 2.24) is 5.32 Å². The summed E-state index contributed by atoms with van der Waals surface area (Å²) in [5, 5.41) is 2.67. The second kappa shape index (κ2) is 14.8. The van der Waals surface area contributed by atoms with E-state index in [1.807, 2.05) is 83.1 Å². The van der Waals surface area contributed by atoms with Gasteiger partial charge < -0.3 is 33.4 Å². The molecule has 12 heteroatoms. The molecule has 298 valence electrons. The number of carbonyl (C=O) groups excluding carboxylic acids is 5. The van der Waals surface area contributed by atoms with E-state index in [-0.39, 0.29) is 18.9 Å². The quantitative estimate of drug-likeness (QED) is 0.175. The Morgan fingerprint density at radius 2 is 1.62 bits per heavy atom. The minimum atomic E-state index is -1.38. The molecule has 2 saturated carbocycles. The van der Waals surface area contributed by atoms with Gasteiger partial charge in [-0.15, -0.1) is 0 Å². The van der Waals surface area contributed by atoms with Crippen molar-refractivity contribution in [2.45, 2.75) is 103 Å². The van der Waals surface area contributed by atoms with E-state index < -0.39 is 88.3 Å². The van der Waals surface area contributed by atoms with Crippen LogP contribution in [0.4, 0.5) is 4.79 Å². The molecule has 7 rings (SSSR count). The molecule has 0 bridgehead atoms. The zero-order chi connectivity index (χ0) is 40.2. The van der Waals surface area contributed by atoms with Crippen molar-refractivity contribution in [2.75, 3.05) is 13.7 Å². The Balaban J connectivity index is 1.14. The number of hydrogen-bond acceptors (Lipinski definition) is 11. The third-order valence-electron chi connectivity index (χ3n) is 12.6. The van der Waals surface area contributed by atoms with E-state index in [1.54, 1.807) is 13.0 Å². The highest BCUT2D eigenvalue weighted by Gasteiger charge is 2.68. The summed E-state index contributed by atoms with van der Waals surface area (Å²) in [5.74, 6) is -4.79. The van der Waals surface area contributed by atoms with E-state index in [0.29, 0.717) is 24.8 Å². The number of ether oxygens (including phenoxy) is 5. The summed E-state index contributed by atoms with van der Waals surface area (Å²) in [6.07, 6.45) is 0.173. The van der Waals surface area contributed by atoms with Crippen LogP contribution in [-0.4, -0.2) is 67.4 Å². The summed E-state index contributed by atoms with van der Waals surface area (Å²) in [4.78, 5) is 69.9. The van der Waals surface area contributed by atoms with Crippen molar-refractivity contribution < 1.29 is 52.1 Å². The summed E-state index contributed by atoms with van der Waals surface area (Å²) >= 11 is 0. The van der Waals surface area contributed by atoms with Crippen molar-refractivity contribution in [3.63, 3.8) is 0 Å². The van der Waals surface area contributed by atoms with Gasteiger partial charge in [0.25, 0.3) is 0 Å². The second-order valence-electron chi connectivity index (χ2n) is 17.2. The van der Waals surface area contributed by atoms with E-state index in [2.05, 4.69) is 5.32 Å². The first-order valence-electron chi connectivity index (χ1n) is 19.4. The van der Waals surface area contributed by atoms with Crippen LogP contribution in [0.5, 0.6) is 0 Å². The van der Waals surface area contributed by atoms with Crippen LogP contribution in [0.1, 0.15) is 95.9 Å². The molecule has 1 aliphatic heterocycles. The van der Waals surface area contributed by atoms with Crippen LogP contribution in [0.3, 0.4) is 0 Å². The van der Waals surface area contributed by atoms with Crippen LogP contribution in [0.15, 0.2) is 71.5 Å². The van der Waals surface area contributed by atoms with Crippen LogP contribution in [0.25, 0.3) is 11.1 Å². The monoisotopic (exact) mass is 769 g/mol. The lowest BCUT2D eigenvalue weighted by Gasteiger charge is -2.61. The van der Waals surface area contributed by atoms with E-state index in [1.165, 1.54) is 19.6 Å². The number of carbonyl (C=O) groups is 5. The number of esters is 3. The van der Waals surface area contributed by atoms with Gasteiger partial charge in [0.15, 0.2) is 17.9 Å². The molecule has 1 saturated heterocycles. The highest BCUT2D eigenvalue weighted by Crippen LogP contribution is 2.65. The highest BCUT2D eigenvalue weighted by molar-refractivity contribution is 5.94. The van der Waals surface area contributed by atoms with Crippen LogP contribution in [-0.2, 0) is 42.9 Å². The first-order valence-corrected chi connectivity index (χ1v) is 19.4. The molecule has 9 atom stereocenters. The summed E-state index contributed by atoms with van der Waals surface area (Å²) in [6.45, 7) is 10.9. The summed E-state index contributed by atoms with van der Waals surface area (Å²) in [6, 6.07) is 16.3. The first-order chi connectivity index (χ1) is 26.6. The summed E-state index contributed by atoms with van der Waals surface area (Å²) in [7, 11) is 1.29. The van der Waals surface area contributed by atoms with Gasteiger partial charge >= 0.3 is 24.0 Å². The van der Waals surface area contributed by atoms with Gasteiger partial charge in [-0.1, -0.05) is 62.4 Å². The molecule has 4 aliphatic rings. The minimum absolute atomic E-state index is 0.0142. The number of Topliss-reactive ketones (excluding diaryl/α,β-unsaturated/α-hetero) is 1. The van der Waals surface area contributed by atoms with Crippen LogP contribution >= 0.6 is 0 Å². The van der Waals surface area contributed by atoms with Gasteiger partial charge in [-0.3, -0.25) is 14.4 Å². The average Bonchev–Trinajstić information content (AvgIpc) is 3.80. The first kappa shape index (κ1) is 39.3. The zero-order valence-corrected chi connectivity index (χ0v) is 33.0. The number of nitrogens with one attached hydrogen (secondary N) is 1. The average molecular weight is 770 g/mol. The maximum atomic E-state index is 14.9. The molecule has 56 heavy (non-hydrogen) atoms. The van der Waals surface area contributed by atoms with Gasteiger partial charge in [-0.05, 0) is 86.1 Å². The molecule has 3 fully saturated rings. The molecule has 0 unspecified atom stereocenters. The van der Waals surface area contributed by atoms with Crippen molar-refractivity contribution in [3.8, 4) is 11.1 Å². The second-order valence-corrected chi connectivity index (χ2v) is 17.2. The van der Waals surface area contributed by atoms with Gasteiger partial charge in [-0.25, -0.2) is 9.59 Å². The SMILES string of the molecule is COC(=O)[C@@H]1C[C@H](OC(=O)[C@@H](NC(=O)OCC2c3ccccc3-c3ccccc32)[C@H](C)OC(C)(C)C)C(=O)[C@H]2[C@@]1(C)CC[C@H]1C(=O)O[C@H](c3ccoc3)C[C@]21C. The topological polar surface area (TPSA) is 157 Å². The van der Waals surface area contributed by atoms with Gasteiger partial charge in [0.2, 0.25) is 0 Å². The lowest BCUT2D eigenvalue weighted by molar-refractivity contribution is -0.211. The number of amides is 1. The third kappa shape index (κ3) is 7.01. The van der Waals surface area contributed by atoms with E-state index >= 15 is 0 Å². The Morgan fingerprint density at radius 1 is 0.964 bits per heavy atom. The number of methoxy groups -OCH3 is 1. The van der Waals surface area contributed by atoms with Gasteiger partial charge in [0.1, 0.15) is 12.7 Å². The fourth-order valence-electron chi connectivity index (χ4n) is 10.2. The number of rotatable bonds is 9. The fourth-order valence-corrected chi connectivity index (χ4v) is 10.2. The van der Waals surface area contributed by atoms with Crippen LogP contribution < -0.4 is 5.32 Å². The van der Waals surface area contributed by atoms with Gasteiger partial charge in [-0.2, -0.15) is 0 Å². The number of hydrogen-bond donors (Lipinski definition) is 1. The number of benzene rings is 2. The van der Waals surface area contributed by atoms with E-state index in [4.69, 9.17) is 28.1 Å². The molecule has 1 N–H and O–H groups in total. The Bertz CT molecular complexity index is 1960.